The zero-order valence-corrected chi connectivity index (χ0v) is 15.8. The van der Waals surface area contributed by atoms with E-state index in [0.717, 1.165) is 16.9 Å². The Morgan fingerprint density at radius 1 is 1.07 bits per heavy atom. The SMILES string of the molecule is CC(C)[C@H](NC(=O)Cc1ccccc1)C(=O)N[C@@H]1CCOc2ccccc21. The van der Waals surface area contributed by atoms with Gasteiger partial charge in [0, 0.05) is 12.0 Å². The molecule has 142 valence electrons. The van der Waals surface area contributed by atoms with Gasteiger partial charge in [0.1, 0.15) is 11.8 Å². The fourth-order valence-corrected chi connectivity index (χ4v) is 3.29. The lowest BCUT2D eigenvalue weighted by atomic mass is 9.98. The van der Waals surface area contributed by atoms with Crippen LogP contribution in [-0.4, -0.2) is 24.5 Å². The van der Waals surface area contributed by atoms with Crippen molar-refractivity contribution in [2.45, 2.75) is 38.8 Å². The molecule has 1 aliphatic rings. The quantitative estimate of drug-likeness (QED) is 0.826. The standard InChI is InChI=1S/C22H26N2O3/c1-15(2)21(24-20(25)14-16-8-4-3-5-9-16)22(26)23-18-12-13-27-19-11-7-6-10-17(18)19/h3-11,15,18,21H,12-14H2,1-2H3,(H,23,26)(H,24,25)/t18-,21+/m1/s1. The molecule has 0 unspecified atom stereocenters. The summed E-state index contributed by atoms with van der Waals surface area (Å²) in [6, 6.07) is 16.6. The third-order valence-electron chi connectivity index (χ3n) is 4.75. The van der Waals surface area contributed by atoms with Gasteiger partial charge in [0.15, 0.2) is 0 Å². The monoisotopic (exact) mass is 366 g/mol. The number of fused-ring (bicyclic) bond motifs is 1. The molecule has 5 nitrogen and oxygen atoms in total. The van der Waals surface area contributed by atoms with Gasteiger partial charge in [-0.3, -0.25) is 9.59 Å². The first-order valence-corrected chi connectivity index (χ1v) is 9.40. The number of hydrogen-bond donors (Lipinski definition) is 2. The third kappa shape index (κ3) is 4.88. The molecule has 5 heteroatoms. The van der Waals surface area contributed by atoms with Gasteiger partial charge in [-0.25, -0.2) is 0 Å². The Balaban J connectivity index is 1.65. The molecule has 0 aromatic heterocycles. The van der Waals surface area contributed by atoms with Crippen LogP contribution in [0.4, 0.5) is 0 Å². The average Bonchev–Trinajstić information content (AvgIpc) is 2.67. The van der Waals surface area contributed by atoms with Gasteiger partial charge in [-0.05, 0) is 17.5 Å². The van der Waals surface area contributed by atoms with E-state index in [1.807, 2.05) is 68.4 Å². The van der Waals surface area contributed by atoms with E-state index >= 15 is 0 Å². The molecule has 0 saturated carbocycles. The maximum absolute atomic E-state index is 12.9. The fraction of sp³-hybridized carbons (Fsp3) is 0.364. The third-order valence-corrected chi connectivity index (χ3v) is 4.75. The fourth-order valence-electron chi connectivity index (χ4n) is 3.29. The van der Waals surface area contributed by atoms with Crippen LogP contribution in [0.1, 0.15) is 37.4 Å². The number of ether oxygens (including phenoxy) is 1. The highest BCUT2D eigenvalue weighted by Crippen LogP contribution is 2.31. The Kier molecular flexibility index (Phi) is 6.12. The van der Waals surface area contributed by atoms with E-state index in [2.05, 4.69) is 10.6 Å². The molecule has 2 aromatic carbocycles. The number of carbonyl (C=O) groups excluding carboxylic acids is 2. The first-order chi connectivity index (χ1) is 13.0. The van der Waals surface area contributed by atoms with Gasteiger partial charge in [-0.1, -0.05) is 62.4 Å². The molecule has 2 N–H and O–H groups in total. The second-order valence-corrected chi connectivity index (χ2v) is 7.19. The topological polar surface area (TPSA) is 67.4 Å². The summed E-state index contributed by atoms with van der Waals surface area (Å²) < 4.78 is 5.65. The lowest BCUT2D eigenvalue weighted by Crippen LogP contribution is -2.51. The van der Waals surface area contributed by atoms with Crippen LogP contribution in [0.25, 0.3) is 0 Å². The molecule has 0 saturated heterocycles. The van der Waals surface area contributed by atoms with Gasteiger partial charge in [0.2, 0.25) is 11.8 Å². The molecule has 2 atom stereocenters. The molecular weight excluding hydrogens is 340 g/mol. The van der Waals surface area contributed by atoms with Crippen LogP contribution >= 0.6 is 0 Å². The lowest BCUT2D eigenvalue weighted by molar-refractivity contribution is -0.130. The summed E-state index contributed by atoms with van der Waals surface area (Å²) in [6.45, 7) is 4.44. The van der Waals surface area contributed by atoms with Crippen LogP contribution in [0.2, 0.25) is 0 Å². The maximum Gasteiger partial charge on any atom is 0.243 e. The second-order valence-electron chi connectivity index (χ2n) is 7.19. The molecular formula is C22H26N2O3. The number of benzene rings is 2. The lowest BCUT2D eigenvalue weighted by Gasteiger charge is -2.29. The number of carbonyl (C=O) groups is 2. The van der Waals surface area contributed by atoms with Crippen molar-refractivity contribution in [3.8, 4) is 5.75 Å². The van der Waals surface area contributed by atoms with E-state index in [0.29, 0.717) is 13.0 Å². The molecule has 0 spiro atoms. The van der Waals surface area contributed by atoms with Gasteiger partial charge in [-0.15, -0.1) is 0 Å². The molecule has 0 bridgehead atoms. The van der Waals surface area contributed by atoms with E-state index in [1.165, 1.54) is 0 Å². The maximum atomic E-state index is 12.9. The Morgan fingerprint density at radius 2 is 1.78 bits per heavy atom. The number of hydrogen-bond acceptors (Lipinski definition) is 3. The van der Waals surface area contributed by atoms with Crippen LogP contribution in [0, 0.1) is 5.92 Å². The summed E-state index contributed by atoms with van der Waals surface area (Å²) in [5.41, 5.74) is 1.91. The number of rotatable bonds is 6. The van der Waals surface area contributed by atoms with Crippen LogP contribution < -0.4 is 15.4 Å². The Labute approximate surface area is 160 Å². The highest BCUT2D eigenvalue weighted by atomic mass is 16.5. The molecule has 0 aliphatic carbocycles. The molecule has 2 amide bonds. The minimum atomic E-state index is -0.573. The summed E-state index contributed by atoms with van der Waals surface area (Å²) >= 11 is 0. The van der Waals surface area contributed by atoms with E-state index in [9.17, 15) is 9.59 Å². The first-order valence-electron chi connectivity index (χ1n) is 9.40. The van der Waals surface area contributed by atoms with Crippen molar-refractivity contribution in [2.24, 2.45) is 5.92 Å². The second kappa shape index (κ2) is 8.71. The van der Waals surface area contributed by atoms with Crippen molar-refractivity contribution in [1.29, 1.82) is 0 Å². The molecule has 1 heterocycles. The number of amides is 2. The number of para-hydroxylation sites is 1. The van der Waals surface area contributed by atoms with E-state index in [4.69, 9.17) is 4.74 Å². The van der Waals surface area contributed by atoms with E-state index < -0.39 is 6.04 Å². The first kappa shape index (κ1) is 19.0. The predicted octanol–water partition coefficient (Wildman–Crippen LogP) is 3.01. The van der Waals surface area contributed by atoms with Crippen LogP contribution in [0.5, 0.6) is 5.75 Å². The summed E-state index contributed by atoms with van der Waals surface area (Å²) in [5.74, 6) is 0.485. The zero-order valence-electron chi connectivity index (χ0n) is 15.8. The van der Waals surface area contributed by atoms with Gasteiger partial charge < -0.3 is 15.4 Å². The van der Waals surface area contributed by atoms with Crippen molar-refractivity contribution < 1.29 is 14.3 Å². The van der Waals surface area contributed by atoms with Crippen LogP contribution in [0.15, 0.2) is 54.6 Å². The summed E-state index contributed by atoms with van der Waals surface area (Å²) in [4.78, 5) is 25.3. The highest BCUT2D eigenvalue weighted by molar-refractivity contribution is 5.88. The normalized spacial score (nSPS) is 16.8. The van der Waals surface area contributed by atoms with Crippen molar-refractivity contribution in [1.82, 2.24) is 10.6 Å². The average molecular weight is 366 g/mol. The summed E-state index contributed by atoms with van der Waals surface area (Å²) in [6.07, 6.45) is 0.975. The highest BCUT2D eigenvalue weighted by Gasteiger charge is 2.29. The zero-order chi connectivity index (χ0) is 19.2. The molecule has 2 aromatic rings. The largest absolute Gasteiger partial charge is 0.493 e. The van der Waals surface area contributed by atoms with E-state index in [1.54, 1.807) is 0 Å². The Morgan fingerprint density at radius 3 is 2.52 bits per heavy atom. The summed E-state index contributed by atoms with van der Waals surface area (Å²) in [5, 5.41) is 5.99. The van der Waals surface area contributed by atoms with Gasteiger partial charge in [0.05, 0.1) is 19.1 Å². The molecule has 1 aliphatic heterocycles. The van der Waals surface area contributed by atoms with Crippen molar-refractivity contribution >= 4 is 11.8 Å². The van der Waals surface area contributed by atoms with Gasteiger partial charge >= 0.3 is 0 Å². The molecule has 27 heavy (non-hydrogen) atoms. The van der Waals surface area contributed by atoms with Crippen molar-refractivity contribution in [3.05, 3.63) is 65.7 Å². The van der Waals surface area contributed by atoms with Gasteiger partial charge in [-0.2, -0.15) is 0 Å². The van der Waals surface area contributed by atoms with E-state index in [-0.39, 0.29) is 30.2 Å². The van der Waals surface area contributed by atoms with Gasteiger partial charge in [0.25, 0.3) is 0 Å². The van der Waals surface area contributed by atoms with Crippen LogP contribution in [-0.2, 0) is 16.0 Å². The molecule has 0 fully saturated rings. The van der Waals surface area contributed by atoms with Crippen molar-refractivity contribution in [2.75, 3.05) is 6.61 Å². The van der Waals surface area contributed by atoms with Crippen LogP contribution in [0.3, 0.4) is 0 Å². The Hall–Kier alpha value is -2.82. The minimum Gasteiger partial charge on any atom is -0.493 e. The smallest absolute Gasteiger partial charge is 0.243 e. The molecule has 0 radical (unpaired) electrons. The molecule has 3 rings (SSSR count). The number of nitrogens with one attached hydrogen (secondary N) is 2. The predicted molar refractivity (Wildman–Crippen MR) is 104 cm³/mol. The summed E-state index contributed by atoms with van der Waals surface area (Å²) in [7, 11) is 0. The minimum absolute atomic E-state index is 0.0141. The van der Waals surface area contributed by atoms with Crippen molar-refractivity contribution in [3.63, 3.8) is 0 Å². The Bertz CT molecular complexity index is 789.